The molecule has 0 amide bonds. The average Bonchev–Trinajstić information content (AvgIpc) is 1.99. The smallest absolute Gasteiger partial charge is 0.247 e. The predicted octanol–water partition coefficient (Wildman–Crippen LogP) is 1.27. The molecule has 0 saturated heterocycles. The Kier molecular flexibility index (Phi) is 5.41. The summed E-state index contributed by atoms with van der Waals surface area (Å²) in [6.07, 6.45) is 6.73. The van der Waals surface area contributed by atoms with Gasteiger partial charge in [0.15, 0.2) is 0 Å². The molecule has 0 rings (SSSR count). The Balaban J connectivity index is 3.96. The van der Waals surface area contributed by atoms with Crippen LogP contribution in [0.2, 0.25) is 0 Å². The molecule has 0 spiro atoms. The summed E-state index contributed by atoms with van der Waals surface area (Å²) in [5.74, 6) is 2.86. The number of rotatable bonds is 3. The average molecular weight is 172 g/mol. The Morgan fingerprint density at radius 3 is 2.90 bits per heavy atom. The summed E-state index contributed by atoms with van der Waals surface area (Å²) in [5.41, 5.74) is 0.823. The summed E-state index contributed by atoms with van der Waals surface area (Å²) in [5, 5.41) is 0. The Hall–Kier alpha value is -0.233. The Morgan fingerprint density at radius 2 is 2.60 bits per heavy atom. The van der Waals surface area contributed by atoms with Crippen molar-refractivity contribution in [2.45, 2.75) is 13.0 Å². The van der Waals surface area contributed by atoms with E-state index >= 15 is 0 Å². The molecule has 0 saturated carbocycles. The highest BCUT2D eigenvalue weighted by Gasteiger charge is 1.99. The van der Waals surface area contributed by atoms with Gasteiger partial charge >= 0.3 is 0 Å². The van der Waals surface area contributed by atoms with Gasteiger partial charge in [0.25, 0.3) is 0 Å². The summed E-state index contributed by atoms with van der Waals surface area (Å²) in [6, 6.07) is 0. The summed E-state index contributed by atoms with van der Waals surface area (Å²) in [7, 11) is 2.88. The minimum Gasteiger partial charge on any atom is -0.411 e. The third-order valence-electron chi connectivity index (χ3n) is 0.967. The topological polar surface area (TPSA) is 9.23 Å². The lowest BCUT2D eigenvalue weighted by Gasteiger charge is -2.05. The van der Waals surface area contributed by atoms with Crippen molar-refractivity contribution in [1.82, 2.24) is 0 Å². The maximum atomic E-state index is 5.50. The fourth-order valence-corrected chi connectivity index (χ4v) is 0.846. The zero-order valence-corrected chi connectivity index (χ0v) is 7.48. The van der Waals surface area contributed by atoms with E-state index in [1.54, 1.807) is 6.08 Å². The van der Waals surface area contributed by atoms with Crippen LogP contribution in [0.15, 0.2) is 11.6 Å². The van der Waals surface area contributed by atoms with Gasteiger partial charge in [-0.15, -0.1) is 18.0 Å². The van der Waals surface area contributed by atoms with Crippen LogP contribution in [-0.2, 0) is 4.43 Å². The molecular formula is C7H8ClOSi. The molecule has 1 unspecified atom stereocenters. The fourth-order valence-electron chi connectivity index (χ4n) is 0.437. The highest BCUT2D eigenvalue weighted by Crippen LogP contribution is 1.99. The number of allylic oxidation sites excluding steroid dienone is 1. The van der Waals surface area contributed by atoms with E-state index in [2.05, 4.69) is 16.4 Å². The summed E-state index contributed by atoms with van der Waals surface area (Å²) < 4.78 is 4.77. The molecule has 0 aliphatic rings. The normalized spacial score (nSPS) is 14.4. The number of alkyl halides is 1. The third-order valence-corrected chi connectivity index (χ3v) is 1.57. The lowest BCUT2D eigenvalue weighted by molar-refractivity contribution is 0.300. The second kappa shape index (κ2) is 5.54. The molecule has 10 heavy (non-hydrogen) atoms. The zero-order valence-electron chi connectivity index (χ0n) is 5.73. The maximum Gasteiger partial charge on any atom is 0.247 e. The van der Waals surface area contributed by atoms with Crippen LogP contribution in [-0.4, -0.2) is 22.5 Å². The molecule has 0 aliphatic carbocycles. The van der Waals surface area contributed by atoms with Crippen molar-refractivity contribution in [2.24, 2.45) is 0 Å². The largest absolute Gasteiger partial charge is 0.411 e. The lowest BCUT2D eigenvalue weighted by Crippen LogP contribution is -2.09. The van der Waals surface area contributed by atoms with Crippen LogP contribution in [0.5, 0.6) is 0 Å². The Bertz CT molecular complexity index is 155. The maximum absolute atomic E-state index is 5.50. The Labute approximate surface area is 69.9 Å². The molecule has 1 nitrogen and oxygen atoms in total. The molecule has 0 fully saturated rings. The first kappa shape index (κ1) is 9.77. The molecule has 0 N–H and O–H groups in total. The van der Waals surface area contributed by atoms with Crippen molar-refractivity contribution < 1.29 is 4.43 Å². The highest BCUT2D eigenvalue weighted by atomic mass is 35.5. The minimum absolute atomic E-state index is 0.144. The molecule has 0 aromatic heterocycles. The SMILES string of the molecule is C#CC(C)=CC(CCl)O[Si]. The van der Waals surface area contributed by atoms with Gasteiger partial charge in [0.1, 0.15) is 0 Å². The molecule has 53 valence electrons. The van der Waals surface area contributed by atoms with Gasteiger partial charge in [0.05, 0.1) is 12.0 Å². The zero-order chi connectivity index (χ0) is 7.98. The van der Waals surface area contributed by atoms with Crippen molar-refractivity contribution in [3.8, 4) is 12.3 Å². The van der Waals surface area contributed by atoms with E-state index in [0.717, 1.165) is 5.57 Å². The first-order valence-electron chi connectivity index (χ1n) is 2.78. The molecule has 0 aromatic rings. The van der Waals surface area contributed by atoms with Gasteiger partial charge < -0.3 is 4.43 Å². The van der Waals surface area contributed by atoms with Crippen molar-refractivity contribution in [3.05, 3.63) is 11.6 Å². The molecule has 0 aromatic carbocycles. The molecule has 0 bridgehead atoms. The van der Waals surface area contributed by atoms with Crippen LogP contribution in [0.25, 0.3) is 0 Å². The van der Waals surface area contributed by atoms with Gasteiger partial charge in [0.2, 0.25) is 10.5 Å². The summed E-state index contributed by atoms with van der Waals surface area (Å²) >= 11 is 5.50. The van der Waals surface area contributed by atoms with E-state index in [0.29, 0.717) is 5.88 Å². The first-order valence-corrected chi connectivity index (χ1v) is 3.72. The van der Waals surface area contributed by atoms with E-state index in [1.165, 1.54) is 0 Å². The predicted molar refractivity (Wildman–Crippen MR) is 43.9 cm³/mol. The Morgan fingerprint density at radius 1 is 2.00 bits per heavy atom. The number of hydrogen-bond acceptors (Lipinski definition) is 1. The van der Waals surface area contributed by atoms with Crippen molar-refractivity contribution in [2.75, 3.05) is 5.88 Å². The van der Waals surface area contributed by atoms with Gasteiger partial charge in [0, 0.05) is 0 Å². The van der Waals surface area contributed by atoms with E-state index in [4.69, 9.17) is 22.5 Å². The standard InChI is InChI=1S/C7H8ClOSi/c1-3-6(2)4-7(5-8)9-10/h1,4,7H,5H2,2H3. The summed E-state index contributed by atoms with van der Waals surface area (Å²) in [4.78, 5) is 0. The second-order valence-corrected chi connectivity index (χ2v) is 2.35. The van der Waals surface area contributed by atoms with Crippen LogP contribution in [0.3, 0.4) is 0 Å². The van der Waals surface area contributed by atoms with Crippen molar-refractivity contribution in [1.29, 1.82) is 0 Å². The van der Waals surface area contributed by atoms with Crippen molar-refractivity contribution >= 4 is 22.1 Å². The molecule has 3 heteroatoms. The second-order valence-electron chi connectivity index (χ2n) is 1.80. The van der Waals surface area contributed by atoms with E-state index in [1.807, 2.05) is 6.92 Å². The van der Waals surface area contributed by atoms with Crippen LogP contribution in [0, 0.1) is 12.3 Å². The minimum atomic E-state index is -0.144. The van der Waals surface area contributed by atoms with Crippen molar-refractivity contribution in [3.63, 3.8) is 0 Å². The van der Waals surface area contributed by atoms with Gasteiger partial charge in [-0.1, -0.05) is 5.92 Å². The lowest BCUT2D eigenvalue weighted by atomic mass is 10.2. The van der Waals surface area contributed by atoms with E-state index in [9.17, 15) is 0 Å². The first-order chi connectivity index (χ1) is 4.74. The number of terminal acetylenes is 1. The number of halogens is 1. The quantitative estimate of drug-likeness (QED) is 0.353. The fraction of sp³-hybridized carbons (Fsp3) is 0.429. The van der Waals surface area contributed by atoms with E-state index < -0.39 is 0 Å². The van der Waals surface area contributed by atoms with Crippen LogP contribution >= 0.6 is 11.6 Å². The molecule has 3 radical (unpaired) electrons. The third kappa shape index (κ3) is 3.73. The molecular weight excluding hydrogens is 164 g/mol. The molecule has 0 heterocycles. The van der Waals surface area contributed by atoms with Crippen LogP contribution < -0.4 is 0 Å². The van der Waals surface area contributed by atoms with E-state index in [-0.39, 0.29) is 6.10 Å². The molecule has 1 atom stereocenters. The van der Waals surface area contributed by atoms with Gasteiger partial charge in [-0.05, 0) is 18.6 Å². The summed E-state index contributed by atoms with van der Waals surface area (Å²) in [6.45, 7) is 1.82. The number of hydrogen-bond donors (Lipinski definition) is 0. The van der Waals surface area contributed by atoms with Crippen LogP contribution in [0.1, 0.15) is 6.92 Å². The van der Waals surface area contributed by atoms with Crippen LogP contribution in [0.4, 0.5) is 0 Å². The van der Waals surface area contributed by atoms with Gasteiger partial charge in [-0.2, -0.15) is 0 Å². The van der Waals surface area contributed by atoms with Gasteiger partial charge in [-0.25, -0.2) is 0 Å². The van der Waals surface area contributed by atoms with Gasteiger partial charge in [-0.3, -0.25) is 0 Å². The monoisotopic (exact) mass is 171 g/mol. The highest BCUT2D eigenvalue weighted by molar-refractivity contribution is 6.18. The molecule has 0 aliphatic heterocycles.